The molecule has 7 nitrogen and oxygen atoms in total. The minimum Gasteiger partial charge on any atom is -0.443 e. The first kappa shape index (κ1) is 23.0. The van der Waals surface area contributed by atoms with Crippen molar-refractivity contribution in [3.05, 3.63) is 39.6 Å². The maximum atomic E-state index is 13.5. The molecule has 158 valence electrons. The summed E-state index contributed by atoms with van der Waals surface area (Å²) < 4.78 is 10.6. The molecule has 0 bridgehead atoms. The Hall–Kier alpha value is -2.25. The number of benzene rings is 1. The standard InChI is InChI=1S/C20H25Cl2N3O4/c1-11-14(16(24-29-11)15-12(21)9-8-10-13(15)22)17(26)25(19(2,3)4)23-18(27)28-20(5,6)7/h8-10H,1-7H3,(H,23,27). The third-order valence-corrected chi connectivity index (χ3v) is 4.38. The second kappa shape index (κ2) is 8.24. The largest absolute Gasteiger partial charge is 0.443 e. The predicted octanol–water partition coefficient (Wildman–Crippen LogP) is 5.64. The molecule has 2 amide bonds. The summed E-state index contributed by atoms with van der Waals surface area (Å²) >= 11 is 12.6. The first-order chi connectivity index (χ1) is 13.2. The Morgan fingerprint density at radius 3 is 2.14 bits per heavy atom. The molecule has 1 aromatic carbocycles. The van der Waals surface area contributed by atoms with Gasteiger partial charge in [-0.25, -0.2) is 15.2 Å². The van der Waals surface area contributed by atoms with Gasteiger partial charge in [-0.3, -0.25) is 4.79 Å². The molecule has 2 rings (SSSR count). The topological polar surface area (TPSA) is 84.7 Å². The zero-order valence-electron chi connectivity index (χ0n) is 17.5. The van der Waals surface area contributed by atoms with Crippen LogP contribution in [0.3, 0.4) is 0 Å². The minimum atomic E-state index is -0.779. The van der Waals surface area contributed by atoms with Gasteiger partial charge >= 0.3 is 6.09 Å². The van der Waals surface area contributed by atoms with Crippen molar-refractivity contribution >= 4 is 35.2 Å². The van der Waals surface area contributed by atoms with Crippen molar-refractivity contribution in [1.82, 2.24) is 15.6 Å². The number of amides is 2. The SMILES string of the molecule is Cc1onc(-c2c(Cl)cccc2Cl)c1C(=O)N(NC(=O)OC(C)(C)C)C(C)(C)C. The van der Waals surface area contributed by atoms with Crippen LogP contribution in [0.25, 0.3) is 11.3 Å². The third kappa shape index (κ3) is 5.42. The van der Waals surface area contributed by atoms with E-state index in [1.54, 1.807) is 66.7 Å². The number of aromatic nitrogens is 1. The van der Waals surface area contributed by atoms with Crippen molar-refractivity contribution in [3.8, 4) is 11.3 Å². The van der Waals surface area contributed by atoms with Crippen LogP contribution in [-0.4, -0.2) is 33.3 Å². The molecule has 1 aromatic heterocycles. The van der Waals surface area contributed by atoms with Crippen LogP contribution in [0.4, 0.5) is 4.79 Å². The molecular weight excluding hydrogens is 417 g/mol. The number of hydrogen-bond acceptors (Lipinski definition) is 5. The molecule has 0 atom stereocenters. The quantitative estimate of drug-likeness (QED) is 0.609. The Labute approximate surface area is 180 Å². The number of hydrogen-bond donors (Lipinski definition) is 1. The van der Waals surface area contributed by atoms with Crippen LogP contribution >= 0.6 is 23.2 Å². The lowest BCUT2D eigenvalue weighted by Gasteiger charge is -2.35. The van der Waals surface area contributed by atoms with E-state index in [1.165, 1.54) is 5.01 Å². The van der Waals surface area contributed by atoms with E-state index in [0.717, 1.165) is 0 Å². The Bertz CT molecular complexity index is 907. The molecule has 2 aromatic rings. The number of carbonyl (C=O) groups is 2. The fourth-order valence-corrected chi connectivity index (χ4v) is 3.12. The summed E-state index contributed by atoms with van der Waals surface area (Å²) in [6.45, 7) is 12.1. The minimum absolute atomic E-state index is 0.144. The van der Waals surface area contributed by atoms with Crippen LogP contribution in [0.15, 0.2) is 22.7 Å². The van der Waals surface area contributed by atoms with Crippen LogP contribution in [0.2, 0.25) is 10.0 Å². The highest BCUT2D eigenvalue weighted by atomic mass is 35.5. The van der Waals surface area contributed by atoms with Crippen molar-refractivity contribution in [2.45, 2.75) is 59.6 Å². The molecule has 0 aliphatic heterocycles. The van der Waals surface area contributed by atoms with Gasteiger partial charge in [0.25, 0.3) is 5.91 Å². The number of nitrogens with one attached hydrogen (secondary N) is 1. The molecule has 29 heavy (non-hydrogen) atoms. The normalized spacial score (nSPS) is 11.9. The number of ether oxygens (including phenoxy) is 1. The summed E-state index contributed by atoms with van der Waals surface area (Å²) in [6, 6.07) is 4.97. The summed E-state index contributed by atoms with van der Waals surface area (Å²) in [5.74, 6) is -0.269. The lowest BCUT2D eigenvalue weighted by Crippen LogP contribution is -2.56. The summed E-state index contributed by atoms with van der Waals surface area (Å²) in [7, 11) is 0. The maximum Gasteiger partial charge on any atom is 0.426 e. The zero-order chi connectivity index (χ0) is 22.1. The fraction of sp³-hybridized carbons (Fsp3) is 0.450. The highest BCUT2D eigenvalue weighted by Gasteiger charge is 2.35. The number of carbonyl (C=O) groups excluding carboxylic acids is 2. The second-order valence-electron chi connectivity index (χ2n) is 8.48. The lowest BCUT2D eigenvalue weighted by atomic mass is 10.0. The van der Waals surface area contributed by atoms with Crippen molar-refractivity contribution < 1.29 is 18.8 Å². The third-order valence-electron chi connectivity index (χ3n) is 3.75. The predicted molar refractivity (Wildman–Crippen MR) is 112 cm³/mol. The van der Waals surface area contributed by atoms with Crippen LogP contribution in [0, 0.1) is 6.92 Å². The first-order valence-corrected chi connectivity index (χ1v) is 9.73. The summed E-state index contributed by atoms with van der Waals surface area (Å²) in [4.78, 5) is 25.8. The van der Waals surface area contributed by atoms with Crippen molar-refractivity contribution in [2.24, 2.45) is 0 Å². The van der Waals surface area contributed by atoms with Crippen LogP contribution in [0.5, 0.6) is 0 Å². The number of hydrazine groups is 1. The number of halogens is 2. The van der Waals surface area contributed by atoms with Gasteiger partial charge in [0.1, 0.15) is 22.6 Å². The Morgan fingerprint density at radius 1 is 1.10 bits per heavy atom. The fourth-order valence-electron chi connectivity index (χ4n) is 2.55. The highest BCUT2D eigenvalue weighted by molar-refractivity contribution is 6.39. The van der Waals surface area contributed by atoms with Gasteiger partial charge in [-0.2, -0.15) is 0 Å². The Balaban J connectivity index is 2.51. The summed E-state index contributed by atoms with van der Waals surface area (Å²) in [6.07, 6.45) is -0.757. The molecule has 1 heterocycles. The molecule has 0 saturated carbocycles. The van der Waals surface area contributed by atoms with Gasteiger partial charge < -0.3 is 9.26 Å². The second-order valence-corrected chi connectivity index (χ2v) is 9.30. The van der Waals surface area contributed by atoms with E-state index in [4.69, 9.17) is 32.5 Å². The molecule has 0 aliphatic carbocycles. The van der Waals surface area contributed by atoms with E-state index in [1.807, 2.05) is 0 Å². The smallest absolute Gasteiger partial charge is 0.426 e. The molecular formula is C20H25Cl2N3O4. The van der Waals surface area contributed by atoms with Gasteiger partial charge in [-0.1, -0.05) is 34.4 Å². The van der Waals surface area contributed by atoms with E-state index in [-0.39, 0.29) is 17.0 Å². The lowest BCUT2D eigenvalue weighted by molar-refractivity contribution is 0.0117. The number of rotatable bonds is 2. The van der Waals surface area contributed by atoms with Gasteiger partial charge in [0.2, 0.25) is 0 Å². The average molecular weight is 442 g/mol. The summed E-state index contributed by atoms with van der Waals surface area (Å²) in [5, 5.41) is 5.81. The van der Waals surface area contributed by atoms with Gasteiger partial charge in [0, 0.05) is 5.56 Å². The summed E-state index contributed by atoms with van der Waals surface area (Å²) in [5.41, 5.74) is 1.74. The Morgan fingerprint density at radius 2 is 1.66 bits per heavy atom. The van der Waals surface area contributed by atoms with E-state index >= 15 is 0 Å². The molecule has 0 aliphatic rings. The van der Waals surface area contributed by atoms with E-state index < -0.39 is 23.1 Å². The van der Waals surface area contributed by atoms with Crippen LogP contribution < -0.4 is 5.43 Å². The molecule has 0 fully saturated rings. The number of aryl methyl sites for hydroxylation is 1. The van der Waals surface area contributed by atoms with Gasteiger partial charge in [-0.05, 0) is 60.6 Å². The van der Waals surface area contributed by atoms with Crippen molar-refractivity contribution in [2.75, 3.05) is 0 Å². The zero-order valence-corrected chi connectivity index (χ0v) is 19.0. The number of nitrogens with zero attached hydrogens (tertiary/aromatic N) is 2. The first-order valence-electron chi connectivity index (χ1n) is 8.97. The maximum absolute atomic E-state index is 13.5. The van der Waals surface area contributed by atoms with E-state index in [9.17, 15) is 9.59 Å². The van der Waals surface area contributed by atoms with Crippen LogP contribution in [0.1, 0.15) is 57.7 Å². The Kier molecular flexibility index (Phi) is 6.55. The van der Waals surface area contributed by atoms with E-state index in [2.05, 4.69) is 10.6 Å². The van der Waals surface area contributed by atoms with Crippen molar-refractivity contribution in [3.63, 3.8) is 0 Å². The molecule has 0 radical (unpaired) electrons. The van der Waals surface area contributed by atoms with E-state index in [0.29, 0.717) is 15.6 Å². The molecule has 0 spiro atoms. The highest BCUT2D eigenvalue weighted by Crippen LogP contribution is 2.37. The van der Waals surface area contributed by atoms with Gasteiger partial charge in [0.15, 0.2) is 0 Å². The molecule has 1 N–H and O–H groups in total. The molecule has 0 unspecified atom stereocenters. The van der Waals surface area contributed by atoms with Crippen LogP contribution in [-0.2, 0) is 4.74 Å². The monoisotopic (exact) mass is 441 g/mol. The molecule has 9 heteroatoms. The van der Waals surface area contributed by atoms with Crippen molar-refractivity contribution in [1.29, 1.82) is 0 Å². The van der Waals surface area contributed by atoms with Gasteiger partial charge in [-0.15, -0.1) is 0 Å². The average Bonchev–Trinajstić information content (AvgIpc) is 2.90. The molecule has 0 saturated heterocycles. The van der Waals surface area contributed by atoms with Gasteiger partial charge in [0.05, 0.1) is 15.6 Å².